The summed E-state index contributed by atoms with van der Waals surface area (Å²) in [6.45, 7) is 8.23. The van der Waals surface area contributed by atoms with Crippen molar-refractivity contribution < 1.29 is 19.4 Å². The van der Waals surface area contributed by atoms with Crippen LogP contribution in [0.5, 0.6) is 0 Å². The average molecular weight is 308 g/mol. The van der Waals surface area contributed by atoms with E-state index in [1.807, 2.05) is 13.8 Å². The molecule has 1 saturated carbocycles. The van der Waals surface area contributed by atoms with Crippen molar-refractivity contribution >= 4 is 11.9 Å². The normalized spacial score (nSPS) is 36.1. The predicted octanol–water partition coefficient (Wildman–Crippen LogP) is 4.01. The van der Waals surface area contributed by atoms with Crippen molar-refractivity contribution in [2.45, 2.75) is 59.8 Å². The second-order valence-corrected chi connectivity index (χ2v) is 7.56. The Balaban J connectivity index is 2.04. The Morgan fingerprint density at radius 1 is 1.00 bits per heavy atom. The fraction of sp³-hybridized carbons (Fsp3) is 0.778. The molecule has 0 aliphatic heterocycles. The molecular formula is C18H28O4. The second kappa shape index (κ2) is 6.84. The smallest absolute Gasteiger partial charge is 0.314 e. The second-order valence-electron chi connectivity index (χ2n) is 7.56. The van der Waals surface area contributed by atoms with Gasteiger partial charge in [-0.15, -0.1) is 0 Å². The maximum atomic E-state index is 12.5. The van der Waals surface area contributed by atoms with Crippen molar-refractivity contribution in [2.24, 2.45) is 29.6 Å². The third-order valence-electron chi connectivity index (χ3n) is 5.13. The third-order valence-corrected chi connectivity index (χ3v) is 5.13. The lowest BCUT2D eigenvalue weighted by Gasteiger charge is -2.32. The molecule has 0 bridgehead atoms. The zero-order valence-corrected chi connectivity index (χ0v) is 14.1. The van der Waals surface area contributed by atoms with E-state index in [-0.39, 0.29) is 23.7 Å². The molecule has 4 nitrogen and oxygen atoms in total. The van der Waals surface area contributed by atoms with Crippen LogP contribution in [0.3, 0.4) is 0 Å². The van der Waals surface area contributed by atoms with Gasteiger partial charge in [-0.05, 0) is 56.4 Å². The lowest BCUT2D eigenvalue weighted by atomic mass is 9.76. The van der Waals surface area contributed by atoms with Crippen molar-refractivity contribution in [3.63, 3.8) is 0 Å². The zero-order valence-electron chi connectivity index (χ0n) is 14.1. The van der Waals surface area contributed by atoms with E-state index in [0.29, 0.717) is 30.4 Å². The van der Waals surface area contributed by atoms with Gasteiger partial charge in [-0.1, -0.05) is 20.8 Å². The summed E-state index contributed by atoms with van der Waals surface area (Å²) in [4.78, 5) is 23.7. The Kier molecular flexibility index (Phi) is 5.30. The van der Waals surface area contributed by atoms with Gasteiger partial charge in [-0.3, -0.25) is 9.59 Å². The lowest BCUT2D eigenvalue weighted by molar-refractivity contribution is -0.148. The number of ether oxygens (including phenoxy) is 1. The highest BCUT2D eigenvalue weighted by Gasteiger charge is 2.34. The predicted molar refractivity (Wildman–Crippen MR) is 84.0 cm³/mol. The fourth-order valence-corrected chi connectivity index (χ4v) is 4.21. The van der Waals surface area contributed by atoms with E-state index in [9.17, 15) is 14.7 Å². The molecule has 0 aromatic carbocycles. The Bertz CT molecular complexity index is 469. The minimum absolute atomic E-state index is 0.00256. The Morgan fingerprint density at radius 3 is 2.09 bits per heavy atom. The zero-order chi connectivity index (χ0) is 16.4. The number of carboxylic acids is 1. The van der Waals surface area contributed by atoms with Crippen LogP contribution in [0.2, 0.25) is 0 Å². The van der Waals surface area contributed by atoms with Gasteiger partial charge in [0.2, 0.25) is 0 Å². The van der Waals surface area contributed by atoms with Gasteiger partial charge in [0.25, 0.3) is 0 Å². The molecular weight excluding hydrogens is 280 g/mol. The first-order chi connectivity index (χ1) is 10.3. The molecule has 1 N–H and O–H groups in total. The van der Waals surface area contributed by atoms with Crippen LogP contribution in [-0.2, 0) is 14.3 Å². The molecule has 0 aromatic rings. The highest BCUT2D eigenvalue weighted by molar-refractivity contribution is 5.74. The van der Waals surface area contributed by atoms with Crippen molar-refractivity contribution in [3.8, 4) is 0 Å². The van der Waals surface area contributed by atoms with E-state index in [0.717, 1.165) is 18.4 Å². The van der Waals surface area contributed by atoms with Gasteiger partial charge in [0, 0.05) is 5.92 Å². The van der Waals surface area contributed by atoms with Gasteiger partial charge >= 0.3 is 11.9 Å². The van der Waals surface area contributed by atoms with Crippen molar-refractivity contribution in [1.82, 2.24) is 0 Å². The van der Waals surface area contributed by atoms with Crippen LogP contribution >= 0.6 is 0 Å². The largest absolute Gasteiger partial charge is 0.481 e. The third kappa shape index (κ3) is 3.90. The molecule has 0 radical (unpaired) electrons. The molecule has 2 rings (SSSR count). The summed E-state index contributed by atoms with van der Waals surface area (Å²) in [6, 6.07) is 0. The maximum Gasteiger partial charge on any atom is 0.314 e. The molecule has 0 saturated heterocycles. The van der Waals surface area contributed by atoms with E-state index in [4.69, 9.17) is 4.74 Å². The highest BCUT2D eigenvalue weighted by atomic mass is 16.5. The first kappa shape index (κ1) is 17.0. The van der Waals surface area contributed by atoms with Gasteiger partial charge in [0.15, 0.2) is 0 Å². The number of allylic oxidation sites excluding steroid dienone is 2. The molecule has 0 aromatic heterocycles. The number of aliphatic carboxylic acids is 1. The topological polar surface area (TPSA) is 63.6 Å². The van der Waals surface area contributed by atoms with Crippen LogP contribution in [-0.4, -0.2) is 17.0 Å². The minimum atomic E-state index is -0.758. The Hall–Kier alpha value is -1.32. The fourth-order valence-electron chi connectivity index (χ4n) is 4.21. The molecule has 0 amide bonds. The number of hydrogen-bond acceptors (Lipinski definition) is 3. The molecule has 0 heterocycles. The summed E-state index contributed by atoms with van der Waals surface area (Å²) in [5.74, 6) is 0.606. The molecule has 0 spiro atoms. The molecule has 2 aliphatic rings. The van der Waals surface area contributed by atoms with Gasteiger partial charge in [-0.25, -0.2) is 0 Å². The average Bonchev–Trinajstić information content (AvgIpc) is 2.41. The first-order valence-corrected chi connectivity index (χ1v) is 8.42. The summed E-state index contributed by atoms with van der Waals surface area (Å²) < 4.78 is 5.73. The monoisotopic (exact) mass is 308 g/mol. The highest BCUT2D eigenvalue weighted by Crippen LogP contribution is 2.37. The number of hydrogen-bond donors (Lipinski definition) is 1. The quantitative estimate of drug-likeness (QED) is 0.800. The summed E-state index contributed by atoms with van der Waals surface area (Å²) >= 11 is 0. The van der Waals surface area contributed by atoms with Crippen molar-refractivity contribution in [2.75, 3.05) is 0 Å². The molecule has 2 aliphatic carbocycles. The van der Waals surface area contributed by atoms with Crippen molar-refractivity contribution in [1.29, 1.82) is 0 Å². The lowest BCUT2D eigenvalue weighted by Crippen LogP contribution is -2.30. The van der Waals surface area contributed by atoms with E-state index in [1.165, 1.54) is 6.42 Å². The van der Waals surface area contributed by atoms with Gasteiger partial charge in [0.1, 0.15) is 5.76 Å². The van der Waals surface area contributed by atoms with Gasteiger partial charge in [-0.2, -0.15) is 0 Å². The van der Waals surface area contributed by atoms with Crippen LogP contribution in [0.1, 0.15) is 59.8 Å². The molecule has 124 valence electrons. The number of carboxylic acid groups (broad SMARTS) is 1. The molecule has 4 unspecified atom stereocenters. The summed E-state index contributed by atoms with van der Waals surface area (Å²) in [5.41, 5.74) is 0.913. The SMILES string of the molecule is CC1=C(OC(=O)C2CC(C)CC(C)C2)C(C)CC(C(=O)O)C1. The summed E-state index contributed by atoms with van der Waals surface area (Å²) in [5, 5.41) is 9.17. The van der Waals surface area contributed by atoms with Crippen LogP contribution in [0, 0.1) is 29.6 Å². The van der Waals surface area contributed by atoms with Crippen LogP contribution in [0.15, 0.2) is 11.3 Å². The number of carbonyl (C=O) groups excluding carboxylic acids is 1. The van der Waals surface area contributed by atoms with Gasteiger partial charge < -0.3 is 9.84 Å². The minimum Gasteiger partial charge on any atom is -0.481 e. The van der Waals surface area contributed by atoms with Crippen LogP contribution < -0.4 is 0 Å². The van der Waals surface area contributed by atoms with E-state index in [2.05, 4.69) is 13.8 Å². The van der Waals surface area contributed by atoms with Crippen LogP contribution in [0.4, 0.5) is 0 Å². The van der Waals surface area contributed by atoms with E-state index < -0.39 is 5.97 Å². The summed E-state index contributed by atoms with van der Waals surface area (Å²) in [6.07, 6.45) is 4.03. The maximum absolute atomic E-state index is 12.5. The van der Waals surface area contributed by atoms with E-state index >= 15 is 0 Å². The summed E-state index contributed by atoms with van der Waals surface area (Å²) in [7, 11) is 0. The first-order valence-electron chi connectivity index (χ1n) is 8.42. The van der Waals surface area contributed by atoms with Crippen LogP contribution in [0.25, 0.3) is 0 Å². The molecule has 4 heteroatoms. The Morgan fingerprint density at radius 2 is 1.59 bits per heavy atom. The molecule has 4 atom stereocenters. The number of rotatable bonds is 3. The van der Waals surface area contributed by atoms with E-state index in [1.54, 1.807) is 0 Å². The molecule has 1 fully saturated rings. The number of carbonyl (C=O) groups is 2. The standard InChI is InChI=1S/C18H28O4/c1-10-5-11(2)7-15(6-10)18(21)22-16-12(3)8-14(17(19)20)9-13(16)4/h10-12,14-15H,5-9H2,1-4H3,(H,19,20). The molecule has 22 heavy (non-hydrogen) atoms. The Labute approximate surface area is 132 Å². The number of esters is 1. The van der Waals surface area contributed by atoms with Crippen molar-refractivity contribution in [3.05, 3.63) is 11.3 Å². The van der Waals surface area contributed by atoms with Gasteiger partial charge in [0.05, 0.1) is 11.8 Å².